The summed E-state index contributed by atoms with van der Waals surface area (Å²) >= 11 is 0. The third-order valence-electron chi connectivity index (χ3n) is 4.57. The van der Waals surface area contributed by atoms with E-state index in [1.165, 1.54) is 18.2 Å². The van der Waals surface area contributed by atoms with Gasteiger partial charge in [0.25, 0.3) is 5.91 Å². The van der Waals surface area contributed by atoms with Gasteiger partial charge < -0.3 is 21.8 Å². The van der Waals surface area contributed by atoms with Crippen LogP contribution in [-0.2, 0) is 11.2 Å². The molecule has 152 valence electrons. The maximum atomic E-state index is 14.0. The van der Waals surface area contributed by atoms with Gasteiger partial charge in [0.1, 0.15) is 11.9 Å². The molecule has 5 N–H and O–H groups in total. The number of nitrogen functional groups attached to an aromatic ring is 1. The number of nitrogens with two attached hydrogens (primary N) is 1. The van der Waals surface area contributed by atoms with Gasteiger partial charge in [-0.05, 0) is 29.8 Å². The molecular formula is C23H21FN4O2. The molecule has 0 aliphatic carbocycles. The minimum Gasteiger partial charge on any atom is -0.398 e. The van der Waals surface area contributed by atoms with Crippen molar-refractivity contribution in [3.8, 4) is 0 Å². The zero-order chi connectivity index (χ0) is 21.5. The third kappa shape index (κ3) is 4.88. The first-order chi connectivity index (χ1) is 14.5. The van der Waals surface area contributed by atoms with Gasteiger partial charge in [0, 0.05) is 23.9 Å². The van der Waals surface area contributed by atoms with Crippen molar-refractivity contribution < 1.29 is 14.0 Å². The van der Waals surface area contributed by atoms with Crippen LogP contribution in [0.4, 0.5) is 15.8 Å². The van der Waals surface area contributed by atoms with Crippen LogP contribution in [0.1, 0.15) is 21.5 Å². The van der Waals surface area contributed by atoms with Crippen molar-refractivity contribution in [3.63, 3.8) is 0 Å². The Balaban J connectivity index is 1.86. The minimum absolute atomic E-state index is 0.146. The third-order valence-corrected chi connectivity index (χ3v) is 4.57. The number of nitrogens with one attached hydrogen (secondary N) is 3. The molecular weight excluding hydrogens is 383 g/mol. The Kier molecular flexibility index (Phi) is 6.54. The summed E-state index contributed by atoms with van der Waals surface area (Å²) in [6, 6.07) is 18.7. The molecule has 30 heavy (non-hydrogen) atoms. The lowest BCUT2D eigenvalue weighted by molar-refractivity contribution is -0.118. The van der Waals surface area contributed by atoms with Gasteiger partial charge in [0.2, 0.25) is 5.91 Å². The van der Waals surface area contributed by atoms with Gasteiger partial charge in [-0.3, -0.25) is 9.59 Å². The lowest BCUT2D eigenvalue weighted by Crippen LogP contribution is -2.45. The number of halogens is 1. The van der Waals surface area contributed by atoms with Crippen molar-refractivity contribution in [1.82, 2.24) is 5.32 Å². The van der Waals surface area contributed by atoms with Crippen molar-refractivity contribution in [1.29, 1.82) is 5.41 Å². The topological polar surface area (TPSA) is 108 Å². The highest BCUT2D eigenvalue weighted by Gasteiger charge is 2.24. The highest BCUT2D eigenvalue weighted by molar-refractivity contribution is 6.04. The van der Waals surface area contributed by atoms with E-state index in [1.807, 2.05) is 30.3 Å². The van der Waals surface area contributed by atoms with Gasteiger partial charge >= 0.3 is 0 Å². The van der Waals surface area contributed by atoms with E-state index in [0.717, 1.165) is 11.8 Å². The normalized spacial score (nSPS) is 11.4. The van der Waals surface area contributed by atoms with Crippen molar-refractivity contribution >= 4 is 29.4 Å². The zero-order valence-electron chi connectivity index (χ0n) is 16.1. The summed E-state index contributed by atoms with van der Waals surface area (Å²) < 4.78 is 14.0. The van der Waals surface area contributed by atoms with E-state index in [1.54, 1.807) is 24.3 Å². The summed E-state index contributed by atoms with van der Waals surface area (Å²) in [4.78, 5) is 25.6. The Morgan fingerprint density at radius 3 is 2.40 bits per heavy atom. The second-order valence-corrected chi connectivity index (χ2v) is 6.64. The van der Waals surface area contributed by atoms with Crippen LogP contribution in [0.5, 0.6) is 0 Å². The quantitative estimate of drug-likeness (QED) is 0.358. The predicted molar refractivity (Wildman–Crippen MR) is 115 cm³/mol. The average molecular weight is 404 g/mol. The maximum Gasteiger partial charge on any atom is 0.254 e. The monoisotopic (exact) mass is 404 g/mol. The summed E-state index contributed by atoms with van der Waals surface area (Å²) in [5, 5.41) is 12.9. The highest BCUT2D eigenvalue weighted by Crippen LogP contribution is 2.20. The molecule has 0 heterocycles. The van der Waals surface area contributed by atoms with E-state index in [9.17, 15) is 14.0 Å². The Hall–Kier alpha value is -4.00. The number of anilines is 2. The standard InChI is InChI=1S/C23H21FN4O2/c24-18-10-5-4-9-16(18)22(29)28-21(13-15-7-2-1-3-8-15)23(30)27-20-12-6-11-19(26)17(20)14-25/h1-12,14,21,25H,13,26H2,(H,27,30)(H,28,29). The van der Waals surface area contributed by atoms with E-state index >= 15 is 0 Å². The summed E-state index contributed by atoms with van der Waals surface area (Å²) in [7, 11) is 0. The second-order valence-electron chi connectivity index (χ2n) is 6.64. The molecule has 0 aliphatic heterocycles. The van der Waals surface area contributed by atoms with E-state index in [2.05, 4.69) is 10.6 Å². The van der Waals surface area contributed by atoms with Gasteiger partial charge in [0.15, 0.2) is 0 Å². The molecule has 0 saturated heterocycles. The van der Waals surface area contributed by atoms with Crippen LogP contribution in [0.25, 0.3) is 0 Å². The van der Waals surface area contributed by atoms with Crippen LogP contribution in [-0.4, -0.2) is 24.1 Å². The van der Waals surface area contributed by atoms with Crippen LogP contribution in [0, 0.1) is 11.2 Å². The first kappa shape index (κ1) is 20.7. The van der Waals surface area contributed by atoms with E-state index in [4.69, 9.17) is 11.1 Å². The van der Waals surface area contributed by atoms with Crippen molar-refractivity contribution in [2.45, 2.75) is 12.5 Å². The van der Waals surface area contributed by atoms with Crippen molar-refractivity contribution in [2.75, 3.05) is 11.1 Å². The molecule has 2 amide bonds. The Morgan fingerprint density at radius 1 is 1.00 bits per heavy atom. The Bertz CT molecular complexity index is 1070. The molecule has 0 aromatic heterocycles. The molecule has 1 atom stereocenters. The largest absolute Gasteiger partial charge is 0.398 e. The number of hydrogen-bond donors (Lipinski definition) is 4. The molecule has 6 nitrogen and oxygen atoms in total. The Morgan fingerprint density at radius 2 is 1.70 bits per heavy atom. The minimum atomic E-state index is -0.973. The Labute approximate surface area is 173 Å². The number of rotatable bonds is 7. The molecule has 7 heteroatoms. The van der Waals surface area contributed by atoms with Gasteiger partial charge in [-0.2, -0.15) is 0 Å². The van der Waals surface area contributed by atoms with Gasteiger partial charge in [-0.25, -0.2) is 4.39 Å². The predicted octanol–water partition coefficient (Wildman–Crippen LogP) is 3.39. The fourth-order valence-electron chi connectivity index (χ4n) is 3.01. The fourth-order valence-corrected chi connectivity index (χ4v) is 3.01. The summed E-state index contributed by atoms with van der Waals surface area (Å²) in [6.07, 6.45) is 1.25. The van der Waals surface area contributed by atoms with Crippen molar-refractivity contribution in [3.05, 3.63) is 95.3 Å². The lowest BCUT2D eigenvalue weighted by Gasteiger charge is -2.20. The number of benzene rings is 3. The number of hydrogen-bond acceptors (Lipinski definition) is 4. The lowest BCUT2D eigenvalue weighted by atomic mass is 10.0. The van der Waals surface area contributed by atoms with Crippen LogP contribution >= 0.6 is 0 Å². The number of carbonyl (C=O) groups excluding carboxylic acids is 2. The number of amides is 2. The van der Waals surface area contributed by atoms with Crippen LogP contribution < -0.4 is 16.4 Å². The van der Waals surface area contributed by atoms with E-state index < -0.39 is 23.7 Å². The van der Waals surface area contributed by atoms with E-state index in [0.29, 0.717) is 16.9 Å². The highest BCUT2D eigenvalue weighted by atomic mass is 19.1. The first-order valence-electron chi connectivity index (χ1n) is 9.28. The molecule has 0 spiro atoms. The van der Waals surface area contributed by atoms with Gasteiger partial charge in [-0.15, -0.1) is 0 Å². The SMILES string of the molecule is N=Cc1c(N)cccc1NC(=O)C(Cc1ccccc1)NC(=O)c1ccccc1F. The smallest absolute Gasteiger partial charge is 0.254 e. The van der Waals surface area contributed by atoms with Crippen LogP contribution in [0.15, 0.2) is 72.8 Å². The first-order valence-corrected chi connectivity index (χ1v) is 9.28. The zero-order valence-corrected chi connectivity index (χ0v) is 16.1. The maximum absolute atomic E-state index is 14.0. The number of carbonyl (C=O) groups is 2. The second kappa shape index (κ2) is 9.47. The molecule has 0 bridgehead atoms. The molecule has 3 aromatic carbocycles. The molecule has 0 saturated carbocycles. The molecule has 0 fully saturated rings. The van der Waals surface area contributed by atoms with Crippen molar-refractivity contribution in [2.24, 2.45) is 0 Å². The average Bonchev–Trinajstić information content (AvgIpc) is 2.74. The summed E-state index contributed by atoms with van der Waals surface area (Å²) in [5.74, 6) is -1.86. The molecule has 3 rings (SSSR count). The van der Waals surface area contributed by atoms with Gasteiger partial charge in [0.05, 0.1) is 11.3 Å². The summed E-state index contributed by atoms with van der Waals surface area (Å²) in [6.45, 7) is 0. The van der Waals surface area contributed by atoms with E-state index in [-0.39, 0.29) is 12.0 Å². The molecule has 0 radical (unpaired) electrons. The fraction of sp³-hybridized carbons (Fsp3) is 0.0870. The van der Waals surface area contributed by atoms with Gasteiger partial charge in [-0.1, -0.05) is 48.5 Å². The summed E-state index contributed by atoms with van der Waals surface area (Å²) in [5.41, 5.74) is 7.61. The van der Waals surface area contributed by atoms with Crippen LogP contribution in [0.2, 0.25) is 0 Å². The molecule has 0 aliphatic rings. The molecule has 1 unspecified atom stereocenters. The van der Waals surface area contributed by atoms with Crippen LogP contribution in [0.3, 0.4) is 0 Å². The molecule has 3 aromatic rings.